The van der Waals surface area contributed by atoms with Crippen LogP contribution in [-0.4, -0.2) is 49.4 Å². The SMILES string of the molecule is CC(C)=CCOC(C)(C)C1CCCCC12CO2.COF.O=P(CCO)(c1ccccc1)c1ccccc1. The van der Waals surface area contributed by atoms with Gasteiger partial charge in [0, 0.05) is 22.7 Å². The highest BCUT2D eigenvalue weighted by molar-refractivity contribution is 7.78. The molecule has 1 N–H and O–H groups in total. The van der Waals surface area contributed by atoms with Crippen LogP contribution < -0.4 is 10.6 Å². The first-order valence-electron chi connectivity index (χ1n) is 13.0. The van der Waals surface area contributed by atoms with Crippen molar-refractivity contribution < 1.29 is 28.6 Å². The molecule has 0 amide bonds. The van der Waals surface area contributed by atoms with Gasteiger partial charge in [-0.2, -0.15) is 4.94 Å². The molecule has 2 aromatic carbocycles. The Bertz CT molecular complexity index is 942. The normalized spacial score (nSPS) is 20.7. The molecule has 5 nitrogen and oxygen atoms in total. The molecular weight excluding hydrogens is 490 g/mol. The number of hydrogen-bond donors (Lipinski definition) is 1. The zero-order valence-corrected chi connectivity index (χ0v) is 23.9. The Morgan fingerprint density at radius 1 is 1.11 bits per heavy atom. The minimum atomic E-state index is -2.67. The van der Waals surface area contributed by atoms with Crippen molar-refractivity contribution in [1.29, 1.82) is 0 Å². The van der Waals surface area contributed by atoms with Crippen LogP contribution in [0.4, 0.5) is 4.53 Å². The second-order valence-electron chi connectivity index (χ2n) is 10.4. The highest BCUT2D eigenvalue weighted by atomic mass is 31.2. The molecule has 1 aliphatic carbocycles. The number of halogens is 1. The van der Waals surface area contributed by atoms with Crippen LogP contribution in [0.1, 0.15) is 53.4 Å². The Kier molecular flexibility index (Phi) is 12.7. The summed E-state index contributed by atoms with van der Waals surface area (Å²) >= 11 is 0. The first-order valence-corrected chi connectivity index (χ1v) is 14.9. The van der Waals surface area contributed by atoms with Gasteiger partial charge in [-0.3, -0.25) is 0 Å². The molecule has 7 heteroatoms. The van der Waals surface area contributed by atoms with E-state index in [1.54, 1.807) is 0 Å². The topological polar surface area (TPSA) is 68.3 Å². The number of hydrogen-bond acceptors (Lipinski definition) is 5. The van der Waals surface area contributed by atoms with E-state index in [2.05, 4.69) is 38.7 Å². The molecule has 0 aromatic heterocycles. The van der Waals surface area contributed by atoms with Crippen LogP contribution in [0.15, 0.2) is 72.3 Å². The number of ether oxygens (including phenoxy) is 2. The number of epoxide rings is 1. The monoisotopic (exact) mass is 534 g/mol. The second-order valence-corrected chi connectivity index (χ2v) is 13.3. The molecule has 1 aliphatic heterocycles. The lowest BCUT2D eigenvalue weighted by Crippen LogP contribution is -2.45. The maximum Gasteiger partial charge on any atom is 0.145 e. The second kappa shape index (κ2) is 14.9. The van der Waals surface area contributed by atoms with E-state index in [1.165, 1.54) is 31.3 Å². The van der Waals surface area contributed by atoms with Gasteiger partial charge in [-0.1, -0.05) is 85.2 Å². The van der Waals surface area contributed by atoms with Gasteiger partial charge in [0.2, 0.25) is 0 Å². The number of aliphatic hydroxyl groups excluding tert-OH is 1. The molecule has 0 bridgehead atoms. The molecule has 4 rings (SSSR count). The summed E-state index contributed by atoms with van der Waals surface area (Å²) in [7, 11) is -1.72. The van der Waals surface area contributed by atoms with E-state index in [4.69, 9.17) is 14.6 Å². The summed E-state index contributed by atoms with van der Waals surface area (Å²) < 4.78 is 34.7. The summed E-state index contributed by atoms with van der Waals surface area (Å²) in [5.74, 6) is 0.564. The van der Waals surface area contributed by atoms with Crippen LogP contribution in [-0.2, 0) is 19.0 Å². The Labute approximate surface area is 222 Å². The van der Waals surface area contributed by atoms with Crippen molar-refractivity contribution in [2.75, 3.05) is 33.1 Å². The average molecular weight is 535 g/mol. The molecule has 1 heterocycles. The first kappa shape index (κ1) is 31.4. The van der Waals surface area contributed by atoms with Crippen LogP contribution in [0.25, 0.3) is 0 Å². The van der Waals surface area contributed by atoms with Gasteiger partial charge < -0.3 is 19.1 Å². The van der Waals surface area contributed by atoms with Crippen molar-refractivity contribution in [2.24, 2.45) is 5.92 Å². The number of allylic oxidation sites excluding steroid dienone is 1. The maximum atomic E-state index is 13.1. The molecule has 206 valence electrons. The third-order valence-electron chi connectivity index (χ3n) is 7.04. The fourth-order valence-electron chi connectivity index (χ4n) is 5.04. The first-order chi connectivity index (χ1) is 17.6. The van der Waals surface area contributed by atoms with E-state index < -0.39 is 7.14 Å². The fourth-order valence-corrected chi connectivity index (χ4v) is 7.44. The zero-order valence-electron chi connectivity index (χ0n) is 23.0. The lowest BCUT2D eigenvalue weighted by molar-refractivity contribution is -0.0960. The minimum absolute atomic E-state index is 0.0666. The van der Waals surface area contributed by atoms with Crippen LogP contribution >= 0.6 is 7.14 Å². The van der Waals surface area contributed by atoms with Crippen LogP contribution in [0.3, 0.4) is 0 Å². The van der Waals surface area contributed by atoms with Gasteiger partial charge in [-0.25, -0.2) is 0 Å². The number of aliphatic hydroxyl groups is 1. The third kappa shape index (κ3) is 9.15. The van der Waals surface area contributed by atoms with Gasteiger partial charge in [0.1, 0.15) is 7.14 Å². The van der Waals surface area contributed by atoms with Crippen molar-refractivity contribution in [1.82, 2.24) is 0 Å². The summed E-state index contributed by atoms with van der Waals surface area (Å²) in [6.45, 7) is 10.3. The summed E-state index contributed by atoms with van der Waals surface area (Å²) in [4.78, 5) is 2.75. The van der Waals surface area contributed by atoms with E-state index in [-0.39, 0.29) is 17.8 Å². The van der Waals surface area contributed by atoms with Crippen molar-refractivity contribution >= 4 is 17.8 Å². The third-order valence-corrected chi connectivity index (χ3v) is 10.1. The predicted molar refractivity (Wildman–Crippen MR) is 150 cm³/mol. The molecule has 2 aliphatic rings. The molecule has 1 spiro atoms. The smallest absolute Gasteiger partial charge is 0.145 e. The Morgan fingerprint density at radius 3 is 2.05 bits per heavy atom. The average Bonchev–Trinajstić information content (AvgIpc) is 3.65. The van der Waals surface area contributed by atoms with Crippen LogP contribution in [0.5, 0.6) is 0 Å². The summed E-state index contributed by atoms with van der Waals surface area (Å²) in [6, 6.07) is 18.8. The molecule has 2 unspecified atom stereocenters. The fraction of sp³-hybridized carbons (Fsp3) is 0.533. The molecule has 1 saturated heterocycles. The van der Waals surface area contributed by atoms with Crippen molar-refractivity contribution in [2.45, 2.75) is 64.6 Å². The zero-order chi connectivity index (χ0) is 27.4. The van der Waals surface area contributed by atoms with Gasteiger partial charge in [-0.15, -0.1) is 0 Å². The van der Waals surface area contributed by atoms with Gasteiger partial charge in [0.15, 0.2) is 0 Å². The van der Waals surface area contributed by atoms with Gasteiger partial charge in [0.05, 0.1) is 38.1 Å². The van der Waals surface area contributed by atoms with Crippen LogP contribution in [0.2, 0.25) is 0 Å². The van der Waals surface area contributed by atoms with Gasteiger partial charge in [-0.05, 0) is 45.1 Å². The largest absolute Gasteiger partial charge is 0.396 e. The Balaban J connectivity index is 0.000000235. The molecule has 0 radical (unpaired) electrons. The molecule has 37 heavy (non-hydrogen) atoms. The summed E-state index contributed by atoms with van der Waals surface area (Å²) in [5, 5.41) is 10.8. The maximum absolute atomic E-state index is 13.1. The van der Waals surface area contributed by atoms with Gasteiger partial charge >= 0.3 is 0 Å². The summed E-state index contributed by atoms with van der Waals surface area (Å²) in [6.07, 6.45) is 7.58. The lowest BCUT2D eigenvalue weighted by atomic mass is 9.71. The van der Waals surface area contributed by atoms with Crippen LogP contribution in [0, 0.1) is 5.92 Å². The number of benzene rings is 2. The van der Waals surface area contributed by atoms with E-state index in [0.29, 0.717) is 12.1 Å². The van der Waals surface area contributed by atoms with Crippen molar-refractivity contribution in [3.05, 3.63) is 72.3 Å². The quantitative estimate of drug-likeness (QED) is 0.248. The summed E-state index contributed by atoms with van der Waals surface area (Å²) in [5.41, 5.74) is 1.43. The highest BCUT2D eigenvalue weighted by Gasteiger charge is 2.57. The van der Waals surface area contributed by atoms with Crippen molar-refractivity contribution in [3.63, 3.8) is 0 Å². The Hall–Kier alpha value is -1.82. The number of rotatable bonds is 8. The molecule has 2 aromatic rings. The Morgan fingerprint density at radius 2 is 1.62 bits per heavy atom. The van der Waals surface area contributed by atoms with E-state index >= 15 is 0 Å². The van der Waals surface area contributed by atoms with E-state index in [0.717, 1.165) is 30.9 Å². The molecule has 2 atom stereocenters. The predicted octanol–water partition coefficient (Wildman–Crippen LogP) is 6.22. The van der Waals surface area contributed by atoms with E-state index in [1.807, 2.05) is 60.7 Å². The van der Waals surface area contributed by atoms with E-state index in [9.17, 15) is 9.09 Å². The lowest BCUT2D eigenvalue weighted by Gasteiger charge is -2.40. The minimum Gasteiger partial charge on any atom is -0.396 e. The standard InChI is InChI=1S/C15H26O2.C14H15O2P.CH3FO/c1-12(2)8-10-16-14(3,4)13-7-5-6-9-15(13)11-17-15;15-11-12-17(16,13-7-3-1-4-8-13)14-9-5-2-6-10-14;1-3-2/h8,13H,5-7,9-11H2,1-4H3;1-10,15H,11-12H2;1H3. The molecule has 1 saturated carbocycles. The highest BCUT2D eigenvalue weighted by Crippen LogP contribution is 2.51. The van der Waals surface area contributed by atoms with Crippen molar-refractivity contribution in [3.8, 4) is 0 Å². The molecule has 2 fully saturated rings. The van der Waals surface area contributed by atoms with Gasteiger partial charge in [0.25, 0.3) is 0 Å². The molecular formula is C30H44FO5P.